The highest BCUT2D eigenvalue weighted by molar-refractivity contribution is 5.05. The molecule has 0 saturated carbocycles. The fourth-order valence-corrected chi connectivity index (χ4v) is 1.84. The summed E-state index contributed by atoms with van der Waals surface area (Å²) in [5, 5.41) is 4.20. The van der Waals surface area contributed by atoms with E-state index < -0.39 is 0 Å². The molecule has 2 aromatic heterocycles. The molecule has 2 aromatic rings. The molecule has 17 heavy (non-hydrogen) atoms. The molecule has 0 spiro atoms. The van der Waals surface area contributed by atoms with Crippen molar-refractivity contribution in [2.45, 2.75) is 39.9 Å². The van der Waals surface area contributed by atoms with E-state index in [2.05, 4.69) is 12.0 Å². The van der Waals surface area contributed by atoms with E-state index in [0.29, 0.717) is 6.54 Å². The van der Waals surface area contributed by atoms with Crippen LogP contribution in [0.15, 0.2) is 29.6 Å². The molecule has 92 valence electrons. The van der Waals surface area contributed by atoms with Crippen molar-refractivity contribution >= 4 is 0 Å². The molecule has 0 aliphatic carbocycles. The van der Waals surface area contributed by atoms with Crippen molar-refractivity contribution in [3.63, 3.8) is 0 Å². The molecular formula is C12H18N4O. The number of hydrogen-bond donors (Lipinski definition) is 0. The molecule has 0 bridgehead atoms. The molecule has 0 fully saturated rings. The highest BCUT2D eigenvalue weighted by Gasteiger charge is 2.04. The Balaban J connectivity index is 2.16. The Labute approximate surface area is 100 Å². The maximum atomic E-state index is 11.9. The molecule has 2 rings (SSSR count). The molecule has 0 aliphatic heterocycles. The minimum atomic E-state index is 0.0519. The largest absolute Gasteiger partial charge is 0.328 e. The maximum Gasteiger partial charge on any atom is 0.328 e. The normalized spacial score (nSPS) is 10.9. The lowest BCUT2D eigenvalue weighted by atomic mass is 10.3. The van der Waals surface area contributed by atoms with E-state index in [1.807, 2.05) is 36.4 Å². The number of rotatable bonds is 5. The molecule has 0 N–H and O–H groups in total. The first-order valence-corrected chi connectivity index (χ1v) is 6.01. The Morgan fingerprint density at radius 3 is 2.65 bits per heavy atom. The molecule has 0 radical (unpaired) electrons. The van der Waals surface area contributed by atoms with Crippen LogP contribution in [0.3, 0.4) is 0 Å². The van der Waals surface area contributed by atoms with Gasteiger partial charge in [0.15, 0.2) is 0 Å². The van der Waals surface area contributed by atoms with Gasteiger partial charge in [-0.2, -0.15) is 5.10 Å². The second kappa shape index (κ2) is 5.03. The minimum Gasteiger partial charge on any atom is -0.299 e. The zero-order chi connectivity index (χ0) is 12.3. The van der Waals surface area contributed by atoms with Crippen LogP contribution in [0.5, 0.6) is 0 Å². The van der Waals surface area contributed by atoms with Gasteiger partial charge in [0, 0.05) is 37.2 Å². The van der Waals surface area contributed by atoms with E-state index in [-0.39, 0.29) is 5.69 Å². The summed E-state index contributed by atoms with van der Waals surface area (Å²) in [6, 6.07) is 0. The number of aromatic nitrogens is 4. The van der Waals surface area contributed by atoms with Crippen molar-refractivity contribution in [2.75, 3.05) is 0 Å². The van der Waals surface area contributed by atoms with Crippen molar-refractivity contribution in [3.8, 4) is 0 Å². The van der Waals surface area contributed by atoms with E-state index >= 15 is 0 Å². The minimum absolute atomic E-state index is 0.0519. The monoisotopic (exact) mass is 234 g/mol. The summed E-state index contributed by atoms with van der Waals surface area (Å²) in [4.78, 5) is 11.9. The third-order valence-corrected chi connectivity index (χ3v) is 2.75. The summed E-state index contributed by atoms with van der Waals surface area (Å²) in [5.41, 5.74) is 1.11. The number of hydrogen-bond acceptors (Lipinski definition) is 2. The van der Waals surface area contributed by atoms with E-state index in [4.69, 9.17) is 0 Å². The fraction of sp³-hybridized carbons (Fsp3) is 0.500. The van der Waals surface area contributed by atoms with Crippen molar-refractivity contribution < 1.29 is 0 Å². The molecule has 5 nitrogen and oxygen atoms in total. The van der Waals surface area contributed by atoms with E-state index in [9.17, 15) is 4.79 Å². The molecule has 0 unspecified atom stereocenters. The summed E-state index contributed by atoms with van der Waals surface area (Å²) in [6.07, 6.45) is 8.44. The van der Waals surface area contributed by atoms with Crippen molar-refractivity contribution in [3.05, 3.63) is 40.8 Å². The van der Waals surface area contributed by atoms with Crippen LogP contribution in [0.25, 0.3) is 0 Å². The second-order valence-electron chi connectivity index (χ2n) is 4.11. The quantitative estimate of drug-likeness (QED) is 0.783. The summed E-state index contributed by atoms with van der Waals surface area (Å²) in [5.74, 6) is 0. The van der Waals surface area contributed by atoms with Gasteiger partial charge >= 0.3 is 5.69 Å². The lowest BCUT2D eigenvalue weighted by Gasteiger charge is -1.99. The predicted octanol–water partition coefficient (Wildman–Crippen LogP) is 1.32. The first kappa shape index (κ1) is 11.7. The van der Waals surface area contributed by atoms with Gasteiger partial charge in [-0.25, -0.2) is 4.79 Å². The van der Waals surface area contributed by atoms with Crippen LogP contribution in [0, 0.1) is 0 Å². The summed E-state index contributed by atoms with van der Waals surface area (Å²) in [6.45, 7) is 6.33. The van der Waals surface area contributed by atoms with Gasteiger partial charge in [0.05, 0.1) is 12.7 Å². The number of imidazole rings is 1. The van der Waals surface area contributed by atoms with Crippen LogP contribution in [0.2, 0.25) is 0 Å². The summed E-state index contributed by atoms with van der Waals surface area (Å²) >= 11 is 0. The third kappa shape index (κ3) is 2.49. The molecule has 0 saturated heterocycles. The van der Waals surface area contributed by atoms with Gasteiger partial charge in [0.2, 0.25) is 0 Å². The molecule has 0 amide bonds. The Kier molecular flexibility index (Phi) is 3.46. The van der Waals surface area contributed by atoms with Crippen molar-refractivity contribution in [2.24, 2.45) is 0 Å². The van der Waals surface area contributed by atoms with Gasteiger partial charge < -0.3 is 0 Å². The van der Waals surface area contributed by atoms with Crippen LogP contribution in [-0.4, -0.2) is 18.9 Å². The molecule has 0 aromatic carbocycles. The first-order valence-electron chi connectivity index (χ1n) is 6.01. The fourth-order valence-electron chi connectivity index (χ4n) is 1.84. The van der Waals surface area contributed by atoms with E-state index in [0.717, 1.165) is 25.1 Å². The van der Waals surface area contributed by atoms with Crippen LogP contribution in [-0.2, 0) is 19.6 Å². The molecule has 5 heteroatoms. The molecular weight excluding hydrogens is 216 g/mol. The maximum absolute atomic E-state index is 11.9. The summed E-state index contributed by atoms with van der Waals surface area (Å²) < 4.78 is 5.32. The van der Waals surface area contributed by atoms with Gasteiger partial charge in [0.25, 0.3) is 0 Å². The Bertz CT molecular complexity index is 535. The van der Waals surface area contributed by atoms with Gasteiger partial charge in [-0.15, -0.1) is 0 Å². The number of nitrogens with zero attached hydrogens (tertiary/aromatic N) is 4. The zero-order valence-electron chi connectivity index (χ0n) is 10.3. The van der Waals surface area contributed by atoms with Crippen LogP contribution in [0.1, 0.15) is 25.8 Å². The highest BCUT2D eigenvalue weighted by Crippen LogP contribution is 2.00. The average molecular weight is 234 g/mol. The number of aryl methyl sites for hydroxylation is 2. The highest BCUT2D eigenvalue weighted by atomic mass is 16.1. The standard InChI is InChI=1S/C12H18N4O/c1-3-5-14-6-7-15(12(14)17)9-11-8-13-16(4-2)10-11/h6-8,10H,3-5,9H2,1-2H3. The Hall–Kier alpha value is -1.78. The Morgan fingerprint density at radius 1 is 1.24 bits per heavy atom. The van der Waals surface area contributed by atoms with Gasteiger partial charge in [-0.05, 0) is 13.3 Å². The van der Waals surface area contributed by atoms with Gasteiger partial charge in [0.1, 0.15) is 0 Å². The smallest absolute Gasteiger partial charge is 0.299 e. The SMILES string of the molecule is CCCn1ccn(Cc2cnn(CC)c2)c1=O. The zero-order valence-corrected chi connectivity index (χ0v) is 10.3. The third-order valence-electron chi connectivity index (χ3n) is 2.75. The Morgan fingerprint density at radius 2 is 2.00 bits per heavy atom. The average Bonchev–Trinajstić information content (AvgIpc) is 2.91. The lowest BCUT2D eigenvalue weighted by Crippen LogP contribution is -2.24. The lowest BCUT2D eigenvalue weighted by molar-refractivity contribution is 0.623. The molecule has 0 aliphatic rings. The van der Waals surface area contributed by atoms with E-state index in [1.165, 1.54) is 0 Å². The van der Waals surface area contributed by atoms with Gasteiger partial charge in [-0.3, -0.25) is 13.8 Å². The topological polar surface area (TPSA) is 44.8 Å². The van der Waals surface area contributed by atoms with Gasteiger partial charge in [-0.1, -0.05) is 6.92 Å². The van der Waals surface area contributed by atoms with Crippen molar-refractivity contribution in [1.29, 1.82) is 0 Å². The van der Waals surface area contributed by atoms with E-state index in [1.54, 1.807) is 9.13 Å². The van der Waals surface area contributed by atoms with Crippen molar-refractivity contribution in [1.82, 2.24) is 18.9 Å². The second-order valence-corrected chi connectivity index (χ2v) is 4.11. The van der Waals surface area contributed by atoms with Crippen LogP contribution >= 0.6 is 0 Å². The molecule has 2 heterocycles. The first-order chi connectivity index (χ1) is 8.24. The summed E-state index contributed by atoms with van der Waals surface area (Å²) in [7, 11) is 0. The van der Waals surface area contributed by atoms with Crippen LogP contribution < -0.4 is 5.69 Å². The predicted molar refractivity (Wildman–Crippen MR) is 66.0 cm³/mol. The van der Waals surface area contributed by atoms with Crippen LogP contribution in [0.4, 0.5) is 0 Å². The molecule has 0 atom stereocenters.